The van der Waals surface area contributed by atoms with Gasteiger partial charge in [0.2, 0.25) is 0 Å². The Hall–Kier alpha value is -3.83. The Morgan fingerprint density at radius 3 is 2.65 bits per heavy atom. The highest BCUT2D eigenvalue weighted by molar-refractivity contribution is 5.95. The summed E-state index contributed by atoms with van der Waals surface area (Å²) in [7, 11) is 2.07. The Morgan fingerprint density at radius 2 is 2.00 bits per heavy atom. The molecule has 2 N–H and O–H groups in total. The fourth-order valence-corrected chi connectivity index (χ4v) is 4.76. The lowest BCUT2D eigenvalue weighted by molar-refractivity contribution is 0.0646. The van der Waals surface area contributed by atoms with E-state index in [4.69, 9.17) is 5.73 Å². The van der Waals surface area contributed by atoms with E-state index in [1.165, 1.54) is 12.4 Å². The monoisotopic (exact) mass is 456 g/mol. The predicted octanol–water partition coefficient (Wildman–Crippen LogP) is 2.75. The van der Waals surface area contributed by atoms with E-state index in [1.807, 2.05) is 6.92 Å². The van der Waals surface area contributed by atoms with Crippen LogP contribution in [0.4, 0.5) is 10.2 Å². The molecule has 34 heavy (non-hydrogen) atoms. The molecule has 172 valence electrons. The molecule has 2 saturated heterocycles. The van der Waals surface area contributed by atoms with Crippen LogP contribution in [0.2, 0.25) is 0 Å². The van der Waals surface area contributed by atoms with E-state index in [9.17, 15) is 4.79 Å². The van der Waals surface area contributed by atoms with Crippen LogP contribution in [0.3, 0.4) is 0 Å². The summed E-state index contributed by atoms with van der Waals surface area (Å²) in [6, 6.07) is 8.63. The van der Waals surface area contributed by atoms with Gasteiger partial charge in [0, 0.05) is 42.5 Å². The number of rotatable bonds is 3. The standard InChI is InChI=1S/C26H25FN6O/c1-3-23-21(7-4-16-5-9-24(28)29-12-16)25(31-15-30-23)17-6-8-20(22(27)10-17)26(34)33-14-18-11-19(33)13-32(18)2/h5-6,8-10,12,15,18-19H,3,11,13-14H2,1-2H3,(H2,28,29)/t18-,19-/m1/s1. The summed E-state index contributed by atoms with van der Waals surface area (Å²) in [5.41, 5.74) is 8.90. The zero-order valence-corrected chi connectivity index (χ0v) is 19.1. The molecule has 7 nitrogen and oxygen atoms in total. The average Bonchev–Trinajstić information content (AvgIpc) is 3.42. The molecule has 0 spiro atoms. The maximum absolute atomic E-state index is 15.2. The molecule has 4 heterocycles. The van der Waals surface area contributed by atoms with Gasteiger partial charge in [-0.05, 0) is 44.2 Å². The van der Waals surface area contributed by atoms with Crippen LogP contribution in [0.15, 0.2) is 42.9 Å². The molecule has 2 bridgehead atoms. The normalized spacial score (nSPS) is 19.2. The number of anilines is 1. The number of benzene rings is 1. The lowest BCUT2D eigenvalue weighted by Crippen LogP contribution is -2.47. The van der Waals surface area contributed by atoms with Gasteiger partial charge in [-0.25, -0.2) is 19.3 Å². The molecule has 8 heteroatoms. The van der Waals surface area contributed by atoms with Crippen LogP contribution in [0.1, 0.15) is 40.5 Å². The third kappa shape index (κ3) is 3.99. The van der Waals surface area contributed by atoms with Gasteiger partial charge in [-0.2, -0.15) is 0 Å². The number of nitrogen functional groups attached to an aromatic ring is 1. The van der Waals surface area contributed by atoms with Crippen molar-refractivity contribution in [2.75, 3.05) is 25.9 Å². The average molecular weight is 457 g/mol. The maximum Gasteiger partial charge on any atom is 0.257 e. The Balaban J connectivity index is 1.47. The van der Waals surface area contributed by atoms with E-state index < -0.39 is 5.82 Å². The first-order chi connectivity index (χ1) is 16.4. The Morgan fingerprint density at radius 1 is 1.15 bits per heavy atom. The van der Waals surface area contributed by atoms with E-state index in [0.717, 1.165) is 18.7 Å². The molecule has 2 fully saturated rings. The number of likely N-dealkylation sites (tertiary alicyclic amines) is 2. The summed E-state index contributed by atoms with van der Waals surface area (Å²) in [5.74, 6) is 5.81. The van der Waals surface area contributed by atoms with E-state index >= 15 is 4.39 Å². The number of carbonyl (C=O) groups excluding carboxylic acids is 1. The first-order valence-corrected chi connectivity index (χ1v) is 11.3. The topological polar surface area (TPSA) is 88.2 Å². The minimum absolute atomic E-state index is 0.0873. The highest BCUT2D eigenvalue weighted by Gasteiger charge is 2.44. The molecule has 1 aromatic carbocycles. The minimum Gasteiger partial charge on any atom is -0.384 e. The number of nitrogens with two attached hydrogens (primary N) is 1. The number of pyridine rings is 1. The maximum atomic E-state index is 15.2. The lowest BCUT2D eigenvalue weighted by atomic mass is 10.0. The van der Waals surface area contributed by atoms with Gasteiger partial charge in [0.05, 0.1) is 22.5 Å². The van der Waals surface area contributed by atoms with Gasteiger partial charge in [-0.1, -0.05) is 24.8 Å². The largest absolute Gasteiger partial charge is 0.384 e. The summed E-state index contributed by atoms with van der Waals surface area (Å²) >= 11 is 0. The molecular formula is C26H25FN6O. The summed E-state index contributed by atoms with van der Waals surface area (Å²) in [5, 5.41) is 0. The molecular weight excluding hydrogens is 431 g/mol. The quantitative estimate of drug-likeness (QED) is 0.610. The first-order valence-electron chi connectivity index (χ1n) is 11.3. The van der Waals surface area contributed by atoms with Gasteiger partial charge in [0.25, 0.3) is 5.91 Å². The van der Waals surface area contributed by atoms with E-state index in [2.05, 4.69) is 38.7 Å². The van der Waals surface area contributed by atoms with Crippen LogP contribution in [-0.4, -0.2) is 62.9 Å². The van der Waals surface area contributed by atoms with Crippen molar-refractivity contribution in [1.29, 1.82) is 0 Å². The number of nitrogens with zero attached hydrogens (tertiary/aromatic N) is 5. The van der Waals surface area contributed by atoms with E-state index in [1.54, 1.807) is 35.4 Å². The minimum atomic E-state index is -0.558. The summed E-state index contributed by atoms with van der Waals surface area (Å²) in [6.07, 6.45) is 4.65. The number of amides is 1. The number of hydrogen-bond acceptors (Lipinski definition) is 6. The third-order valence-electron chi connectivity index (χ3n) is 6.63. The van der Waals surface area contributed by atoms with Gasteiger partial charge in [0.1, 0.15) is 18.0 Å². The third-order valence-corrected chi connectivity index (χ3v) is 6.63. The molecule has 0 aliphatic carbocycles. The molecule has 2 aromatic heterocycles. The number of aromatic nitrogens is 3. The second-order valence-corrected chi connectivity index (χ2v) is 8.75. The summed E-state index contributed by atoms with van der Waals surface area (Å²) in [4.78, 5) is 29.9. The number of likely N-dealkylation sites (N-methyl/N-ethyl adjacent to an activating group) is 1. The Bertz CT molecular complexity index is 1310. The zero-order chi connectivity index (χ0) is 23.8. The number of halogens is 1. The Labute approximate surface area is 197 Å². The van der Waals surface area contributed by atoms with Crippen LogP contribution < -0.4 is 5.73 Å². The van der Waals surface area contributed by atoms with Crippen LogP contribution in [0.5, 0.6) is 0 Å². The molecule has 0 saturated carbocycles. The van der Waals surface area contributed by atoms with E-state index in [0.29, 0.717) is 47.2 Å². The number of piperazine rings is 1. The highest BCUT2D eigenvalue weighted by atomic mass is 19.1. The molecule has 2 atom stereocenters. The number of carbonyl (C=O) groups is 1. The summed E-state index contributed by atoms with van der Waals surface area (Å²) < 4.78 is 15.2. The lowest BCUT2D eigenvalue weighted by Gasteiger charge is -2.32. The molecule has 0 unspecified atom stereocenters. The molecule has 0 radical (unpaired) electrons. The zero-order valence-electron chi connectivity index (χ0n) is 19.1. The molecule has 2 aliphatic heterocycles. The fraction of sp³-hybridized carbons (Fsp3) is 0.308. The second kappa shape index (κ2) is 8.84. The predicted molar refractivity (Wildman–Crippen MR) is 127 cm³/mol. The number of fused-ring (bicyclic) bond motifs is 2. The second-order valence-electron chi connectivity index (χ2n) is 8.75. The molecule has 2 aliphatic rings. The SMILES string of the molecule is CCc1ncnc(-c2ccc(C(=O)N3C[C@H]4C[C@@H]3CN4C)c(F)c2)c1C#Cc1ccc(N)nc1. The first kappa shape index (κ1) is 22.0. The van der Waals surface area contributed by atoms with Crippen molar-refractivity contribution in [3.8, 4) is 23.1 Å². The van der Waals surface area contributed by atoms with Crippen LogP contribution in [-0.2, 0) is 6.42 Å². The van der Waals surface area contributed by atoms with Crippen molar-refractivity contribution in [1.82, 2.24) is 24.8 Å². The van der Waals surface area contributed by atoms with Crippen molar-refractivity contribution in [2.24, 2.45) is 0 Å². The van der Waals surface area contributed by atoms with Gasteiger partial charge in [-0.3, -0.25) is 9.69 Å². The highest BCUT2D eigenvalue weighted by Crippen LogP contribution is 2.32. The molecule has 3 aromatic rings. The van der Waals surface area contributed by atoms with Crippen LogP contribution >= 0.6 is 0 Å². The van der Waals surface area contributed by atoms with Crippen molar-refractivity contribution >= 4 is 11.7 Å². The number of hydrogen-bond donors (Lipinski definition) is 1. The van der Waals surface area contributed by atoms with Crippen LogP contribution in [0.25, 0.3) is 11.3 Å². The van der Waals surface area contributed by atoms with Crippen molar-refractivity contribution < 1.29 is 9.18 Å². The van der Waals surface area contributed by atoms with Crippen molar-refractivity contribution in [3.05, 3.63) is 71.1 Å². The van der Waals surface area contributed by atoms with Crippen molar-refractivity contribution in [3.63, 3.8) is 0 Å². The smallest absolute Gasteiger partial charge is 0.257 e. The van der Waals surface area contributed by atoms with Gasteiger partial charge < -0.3 is 10.6 Å². The van der Waals surface area contributed by atoms with Gasteiger partial charge in [0.15, 0.2) is 0 Å². The summed E-state index contributed by atoms with van der Waals surface area (Å²) in [6.45, 7) is 3.46. The fourth-order valence-electron chi connectivity index (χ4n) is 4.76. The van der Waals surface area contributed by atoms with E-state index in [-0.39, 0.29) is 17.5 Å². The molecule has 5 rings (SSSR count). The Kier molecular flexibility index (Phi) is 5.72. The van der Waals surface area contributed by atoms with Crippen molar-refractivity contribution in [2.45, 2.75) is 31.8 Å². The van der Waals surface area contributed by atoms with Gasteiger partial charge >= 0.3 is 0 Å². The van der Waals surface area contributed by atoms with Crippen LogP contribution in [0, 0.1) is 17.7 Å². The number of aryl methyl sites for hydroxylation is 1. The van der Waals surface area contributed by atoms with Gasteiger partial charge in [-0.15, -0.1) is 0 Å². The molecule has 1 amide bonds.